The predicted molar refractivity (Wildman–Crippen MR) is 88.1 cm³/mol. The molecule has 0 atom stereocenters. The van der Waals surface area contributed by atoms with E-state index < -0.39 is 0 Å². The minimum absolute atomic E-state index is 0.214. The number of carbonyl (C=O) groups excluding carboxylic acids is 1. The number of aryl methyl sites for hydroxylation is 2. The van der Waals surface area contributed by atoms with Gasteiger partial charge < -0.3 is 10.6 Å². The second-order valence-electron chi connectivity index (χ2n) is 5.02. The van der Waals surface area contributed by atoms with Crippen molar-refractivity contribution in [3.63, 3.8) is 0 Å². The van der Waals surface area contributed by atoms with Crippen LogP contribution in [0.15, 0.2) is 42.5 Å². The second kappa shape index (κ2) is 7.14. The van der Waals surface area contributed by atoms with Gasteiger partial charge in [0.15, 0.2) is 0 Å². The van der Waals surface area contributed by atoms with Gasteiger partial charge in [-0.15, -0.1) is 0 Å². The van der Waals surface area contributed by atoms with Crippen LogP contribution in [0.4, 0.5) is 10.5 Å². The third kappa shape index (κ3) is 4.50. The Morgan fingerprint density at radius 3 is 2.62 bits per heavy atom. The molecule has 2 aromatic carbocycles. The fourth-order valence-electron chi connectivity index (χ4n) is 2.10. The van der Waals surface area contributed by atoms with Gasteiger partial charge in [-0.3, -0.25) is 0 Å². The number of amides is 2. The number of hydrogen-bond acceptors (Lipinski definition) is 1. The first-order valence-corrected chi connectivity index (χ1v) is 7.29. The lowest BCUT2D eigenvalue weighted by Crippen LogP contribution is -2.30. The maximum atomic E-state index is 11.9. The van der Waals surface area contributed by atoms with Crippen LogP contribution in [0.2, 0.25) is 5.02 Å². The third-order valence-electron chi connectivity index (χ3n) is 3.39. The normalized spacial score (nSPS) is 10.2. The maximum absolute atomic E-state index is 11.9. The van der Waals surface area contributed by atoms with Gasteiger partial charge in [0, 0.05) is 17.3 Å². The number of rotatable bonds is 4. The minimum atomic E-state index is -0.214. The fraction of sp³-hybridized carbons (Fsp3) is 0.235. The van der Waals surface area contributed by atoms with Gasteiger partial charge in [-0.05, 0) is 49.1 Å². The van der Waals surface area contributed by atoms with Gasteiger partial charge in [0.1, 0.15) is 0 Å². The highest BCUT2D eigenvalue weighted by Gasteiger charge is 2.05. The van der Waals surface area contributed by atoms with Crippen LogP contribution in [0.1, 0.15) is 16.7 Å². The monoisotopic (exact) mass is 302 g/mol. The lowest BCUT2D eigenvalue weighted by Gasteiger charge is -2.11. The Morgan fingerprint density at radius 1 is 1.10 bits per heavy atom. The summed E-state index contributed by atoms with van der Waals surface area (Å²) in [7, 11) is 0. The van der Waals surface area contributed by atoms with Gasteiger partial charge in [0.25, 0.3) is 0 Å². The van der Waals surface area contributed by atoms with Crippen molar-refractivity contribution in [3.05, 3.63) is 64.2 Å². The van der Waals surface area contributed by atoms with Crippen molar-refractivity contribution in [2.24, 2.45) is 0 Å². The first-order valence-electron chi connectivity index (χ1n) is 6.92. The molecule has 0 unspecified atom stereocenters. The smallest absolute Gasteiger partial charge is 0.319 e. The van der Waals surface area contributed by atoms with Crippen LogP contribution in [-0.2, 0) is 6.42 Å². The summed E-state index contributed by atoms with van der Waals surface area (Å²) in [4.78, 5) is 11.9. The minimum Gasteiger partial charge on any atom is -0.338 e. The van der Waals surface area contributed by atoms with Crippen molar-refractivity contribution in [3.8, 4) is 0 Å². The van der Waals surface area contributed by atoms with Crippen LogP contribution >= 0.6 is 11.6 Å². The summed E-state index contributed by atoms with van der Waals surface area (Å²) in [6.45, 7) is 4.60. The molecule has 0 aliphatic carbocycles. The molecular weight excluding hydrogens is 284 g/mol. The Bertz CT molecular complexity index is 640. The van der Waals surface area contributed by atoms with Crippen LogP contribution in [0, 0.1) is 13.8 Å². The van der Waals surface area contributed by atoms with E-state index >= 15 is 0 Å². The maximum Gasteiger partial charge on any atom is 0.319 e. The van der Waals surface area contributed by atoms with Gasteiger partial charge in [-0.2, -0.15) is 0 Å². The lowest BCUT2D eigenvalue weighted by molar-refractivity contribution is 0.252. The van der Waals surface area contributed by atoms with E-state index in [1.54, 1.807) is 12.1 Å². The number of halogens is 1. The van der Waals surface area contributed by atoms with E-state index in [0.717, 1.165) is 17.7 Å². The molecule has 2 N–H and O–H groups in total. The molecule has 0 saturated heterocycles. The average Bonchev–Trinajstić information content (AvgIpc) is 2.45. The molecule has 0 heterocycles. The van der Waals surface area contributed by atoms with E-state index in [-0.39, 0.29) is 6.03 Å². The van der Waals surface area contributed by atoms with Gasteiger partial charge in [0.05, 0.1) is 0 Å². The molecule has 110 valence electrons. The van der Waals surface area contributed by atoms with E-state index in [1.165, 1.54) is 11.1 Å². The van der Waals surface area contributed by atoms with Gasteiger partial charge in [-0.25, -0.2) is 4.79 Å². The lowest BCUT2D eigenvalue weighted by atomic mass is 10.1. The van der Waals surface area contributed by atoms with Crippen molar-refractivity contribution in [1.29, 1.82) is 0 Å². The van der Waals surface area contributed by atoms with Gasteiger partial charge in [-0.1, -0.05) is 41.9 Å². The van der Waals surface area contributed by atoms with Gasteiger partial charge >= 0.3 is 6.03 Å². The molecule has 3 nitrogen and oxygen atoms in total. The number of carbonyl (C=O) groups is 1. The summed E-state index contributed by atoms with van der Waals surface area (Å²) in [6, 6.07) is 13.4. The molecule has 0 aliphatic rings. The quantitative estimate of drug-likeness (QED) is 0.867. The van der Waals surface area contributed by atoms with Crippen LogP contribution in [0.3, 0.4) is 0 Å². The number of nitrogens with one attached hydrogen (secondary N) is 2. The van der Waals surface area contributed by atoms with Crippen molar-refractivity contribution in [1.82, 2.24) is 5.32 Å². The predicted octanol–water partition coefficient (Wildman–Crippen LogP) is 4.32. The summed E-state index contributed by atoms with van der Waals surface area (Å²) in [5, 5.41) is 6.29. The zero-order valence-corrected chi connectivity index (χ0v) is 13.0. The van der Waals surface area contributed by atoms with E-state index in [9.17, 15) is 4.79 Å². The molecule has 0 radical (unpaired) electrons. The van der Waals surface area contributed by atoms with Gasteiger partial charge in [0.2, 0.25) is 0 Å². The molecule has 2 amide bonds. The summed E-state index contributed by atoms with van der Waals surface area (Å²) in [5.41, 5.74) is 4.20. The van der Waals surface area contributed by atoms with Crippen LogP contribution < -0.4 is 10.6 Å². The standard InChI is InChI=1S/C17H19ClN2O/c1-12-5-3-4-6-14(12)9-10-19-17(21)20-16-11-15(18)8-7-13(16)2/h3-8,11H,9-10H2,1-2H3,(H2,19,20,21). The molecule has 0 spiro atoms. The van der Waals surface area contributed by atoms with Crippen LogP contribution in [-0.4, -0.2) is 12.6 Å². The highest BCUT2D eigenvalue weighted by Crippen LogP contribution is 2.19. The molecule has 0 aliphatic heterocycles. The first-order chi connectivity index (χ1) is 10.1. The van der Waals surface area contributed by atoms with E-state index in [2.05, 4.69) is 29.7 Å². The topological polar surface area (TPSA) is 41.1 Å². The highest BCUT2D eigenvalue weighted by molar-refractivity contribution is 6.31. The SMILES string of the molecule is Cc1ccccc1CCNC(=O)Nc1cc(Cl)ccc1C. The zero-order valence-electron chi connectivity index (χ0n) is 12.2. The summed E-state index contributed by atoms with van der Waals surface area (Å²) in [5.74, 6) is 0. The molecule has 0 fully saturated rings. The van der Waals surface area contributed by atoms with Crippen molar-refractivity contribution < 1.29 is 4.79 Å². The Labute approximate surface area is 130 Å². The van der Waals surface area contributed by atoms with Crippen molar-refractivity contribution in [2.45, 2.75) is 20.3 Å². The van der Waals surface area contributed by atoms with Crippen molar-refractivity contribution in [2.75, 3.05) is 11.9 Å². The Balaban J connectivity index is 1.85. The first kappa shape index (κ1) is 15.4. The number of anilines is 1. The summed E-state index contributed by atoms with van der Waals surface area (Å²) >= 11 is 5.93. The zero-order chi connectivity index (χ0) is 15.2. The molecule has 0 bridgehead atoms. The van der Waals surface area contributed by atoms with E-state index in [0.29, 0.717) is 11.6 Å². The molecule has 4 heteroatoms. The summed E-state index contributed by atoms with van der Waals surface area (Å²) in [6.07, 6.45) is 0.814. The number of hydrogen-bond donors (Lipinski definition) is 2. The number of benzene rings is 2. The molecule has 0 aromatic heterocycles. The van der Waals surface area contributed by atoms with Crippen LogP contribution in [0.25, 0.3) is 0 Å². The molecule has 2 aromatic rings. The molecular formula is C17H19ClN2O. The Morgan fingerprint density at radius 2 is 1.86 bits per heavy atom. The van der Waals surface area contributed by atoms with Crippen molar-refractivity contribution >= 4 is 23.3 Å². The van der Waals surface area contributed by atoms with Crippen LogP contribution in [0.5, 0.6) is 0 Å². The highest BCUT2D eigenvalue weighted by atomic mass is 35.5. The van der Waals surface area contributed by atoms with E-state index in [4.69, 9.17) is 11.6 Å². The fourth-order valence-corrected chi connectivity index (χ4v) is 2.27. The number of urea groups is 1. The largest absolute Gasteiger partial charge is 0.338 e. The molecule has 2 rings (SSSR count). The molecule has 0 saturated carbocycles. The Kier molecular flexibility index (Phi) is 5.23. The summed E-state index contributed by atoms with van der Waals surface area (Å²) < 4.78 is 0. The third-order valence-corrected chi connectivity index (χ3v) is 3.62. The second-order valence-corrected chi connectivity index (χ2v) is 5.45. The Hall–Kier alpha value is -2.00. The average molecular weight is 303 g/mol. The molecule has 21 heavy (non-hydrogen) atoms. The van der Waals surface area contributed by atoms with E-state index in [1.807, 2.05) is 25.1 Å².